The maximum absolute atomic E-state index is 11.3. The van der Waals surface area contributed by atoms with Gasteiger partial charge in [-0.25, -0.2) is 0 Å². The Morgan fingerprint density at radius 1 is 0.500 bits per heavy atom. The van der Waals surface area contributed by atoms with E-state index in [0.29, 0.717) is 0 Å². The number of rotatable bonds is 4. The maximum Gasteiger partial charge on any atom is 0.248 e. The summed E-state index contributed by atoms with van der Waals surface area (Å²) in [7, 11) is 0. The number of halogens is 4. The molecule has 0 aromatic heterocycles. The van der Waals surface area contributed by atoms with Crippen LogP contribution < -0.4 is 0 Å². The molecular weight excluding hydrogens is 350 g/mol. The molecule has 0 atom stereocenters. The molecule has 0 aromatic carbocycles. The molecule has 20 heavy (non-hydrogen) atoms. The van der Waals surface area contributed by atoms with Crippen molar-refractivity contribution >= 4 is 67.4 Å². The summed E-state index contributed by atoms with van der Waals surface area (Å²) in [6, 6.07) is 0. The predicted octanol–water partition coefficient (Wildman–Crippen LogP) is 3.22. The molecule has 8 heteroatoms. The fourth-order valence-corrected chi connectivity index (χ4v) is 2.81. The van der Waals surface area contributed by atoms with Crippen molar-refractivity contribution in [3.8, 4) is 0 Å². The molecule has 0 saturated carbocycles. The van der Waals surface area contributed by atoms with E-state index >= 15 is 0 Å². The van der Waals surface area contributed by atoms with Crippen LogP contribution in [0.5, 0.6) is 0 Å². The van der Waals surface area contributed by atoms with Gasteiger partial charge < -0.3 is 0 Å². The Morgan fingerprint density at radius 2 is 0.650 bits per heavy atom. The highest BCUT2D eigenvalue weighted by Gasteiger charge is 2.26. The molecule has 4 nitrogen and oxygen atoms in total. The Kier molecular flexibility index (Phi) is 6.40. The lowest BCUT2D eigenvalue weighted by Gasteiger charge is -2.16. The first kappa shape index (κ1) is 17.4. The van der Waals surface area contributed by atoms with Crippen LogP contribution in [0.2, 0.25) is 0 Å². The number of hydrogen-bond donors (Lipinski definition) is 0. The van der Waals surface area contributed by atoms with E-state index in [0.717, 1.165) is 0 Å². The van der Waals surface area contributed by atoms with Gasteiger partial charge in [0.15, 0.2) is 0 Å². The molecule has 1 aliphatic carbocycles. The summed E-state index contributed by atoms with van der Waals surface area (Å²) >= 11 is 21.7. The normalized spacial score (nSPS) is 23.8. The first-order chi connectivity index (χ1) is 9.25. The standard InChI is InChI=1S/C12H8Cl4O4/c13-9(17)5-1-2-6(10(14)18)8(12(16)20)4-3-7(5)11(15)19/h1-4H2/b7-5-,8-6-. The fraction of sp³-hybridized carbons (Fsp3) is 0.333. The van der Waals surface area contributed by atoms with Crippen molar-refractivity contribution in [1.29, 1.82) is 0 Å². The lowest BCUT2D eigenvalue weighted by molar-refractivity contribution is -0.111. The van der Waals surface area contributed by atoms with Gasteiger partial charge in [-0.2, -0.15) is 0 Å². The molecule has 0 N–H and O–H groups in total. The first-order valence-electron chi connectivity index (χ1n) is 5.49. The number of hydrogen-bond acceptors (Lipinski definition) is 4. The number of carbonyl (C=O) groups is 4. The van der Waals surface area contributed by atoms with E-state index in [9.17, 15) is 19.2 Å². The Hall–Kier alpha value is -0.680. The molecule has 0 amide bonds. The minimum atomic E-state index is -0.823. The van der Waals surface area contributed by atoms with E-state index in [1.807, 2.05) is 0 Å². The topological polar surface area (TPSA) is 68.3 Å². The lowest BCUT2D eigenvalue weighted by Crippen LogP contribution is -2.13. The third-order valence-corrected chi connectivity index (χ3v) is 3.84. The zero-order valence-corrected chi connectivity index (χ0v) is 13.0. The van der Waals surface area contributed by atoms with Gasteiger partial charge in [-0.1, -0.05) is 0 Å². The average Bonchev–Trinajstić information content (AvgIpc) is 2.26. The highest BCUT2D eigenvalue weighted by atomic mass is 35.5. The van der Waals surface area contributed by atoms with Crippen molar-refractivity contribution in [2.45, 2.75) is 25.7 Å². The van der Waals surface area contributed by atoms with Gasteiger partial charge in [-0.3, -0.25) is 19.2 Å². The monoisotopic (exact) mass is 356 g/mol. The summed E-state index contributed by atoms with van der Waals surface area (Å²) in [5, 5.41) is -3.29. The van der Waals surface area contributed by atoms with Gasteiger partial charge in [-0.05, 0) is 72.1 Å². The van der Waals surface area contributed by atoms with E-state index in [2.05, 4.69) is 0 Å². The van der Waals surface area contributed by atoms with Gasteiger partial charge in [0, 0.05) is 22.3 Å². The average molecular weight is 358 g/mol. The van der Waals surface area contributed by atoms with Crippen molar-refractivity contribution in [3.63, 3.8) is 0 Å². The zero-order valence-electron chi connectivity index (χ0n) is 9.97. The highest BCUT2D eigenvalue weighted by Crippen LogP contribution is 2.31. The van der Waals surface area contributed by atoms with E-state index in [-0.39, 0.29) is 48.0 Å². The van der Waals surface area contributed by atoms with Crippen LogP contribution in [0, 0.1) is 0 Å². The van der Waals surface area contributed by atoms with Crippen LogP contribution >= 0.6 is 46.4 Å². The molecule has 0 fully saturated rings. The lowest BCUT2D eigenvalue weighted by atomic mass is 9.90. The van der Waals surface area contributed by atoms with Crippen molar-refractivity contribution in [2.24, 2.45) is 0 Å². The van der Waals surface area contributed by atoms with Gasteiger partial charge >= 0.3 is 0 Å². The smallest absolute Gasteiger partial charge is 0.248 e. The van der Waals surface area contributed by atoms with Gasteiger partial charge in [-0.15, -0.1) is 0 Å². The zero-order chi connectivity index (χ0) is 15.4. The van der Waals surface area contributed by atoms with Gasteiger partial charge in [0.1, 0.15) is 0 Å². The highest BCUT2D eigenvalue weighted by molar-refractivity contribution is 6.72. The largest absolute Gasteiger partial charge is 0.276 e. The summed E-state index contributed by atoms with van der Waals surface area (Å²) in [4.78, 5) is 45.4. The Labute approximate surface area is 134 Å². The molecular formula is C12H8Cl4O4. The minimum absolute atomic E-state index is 0.0163. The SMILES string of the molecule is O=C(Cl)/C1=C(\C(=O)Cl)CC/C(C(=O)Cl)=C(/C(=O)Cl)CC1. The Bertz CT molecular complexity index is 462. The van der Waals surface area contributed by atoms with E-state index in [1.54, 1.807) is 0 Å². The molecule has 0 spiro atoms. The Balaban J connectivity index is 3.27. The quantitative estimate of drug-likeness (QED) is 0.724. The van der Waals surface area contributed by atoms with Crippen LogP contribution in [0.15, 0.2) is 22.3 Å². The molecule has 1 rings (SSSR count). The second kappa shape index (κ2) is 7.36. The van der Waals surface area contributed by atoms with Crippen LogP contribution in [-0.4, -0.2) is 21.0 Å². The van der Waals surface area contributed by atoms with E-state index in [4.69, 9.17) is 46.4 Å². The second-order valence-electron chi connectivity index (χ2n) is 4.01. The van der Waals surface area contributed by atoms with Gasteiger partial charge in [0.2, 0.25) is 21.0 Å². The number of carbonyl (C=O) groups excluding carboxylic acids is 4. The third kappa shape index (κ3) is 4.16. The van der Waals surface area contributed by atoms with Crippen LogP contribution in [0.4, 0.5) is 0 Å². The van der Waals surface area contributed by atoms with E-state index < -0.39 is 21.0 Å². The molecule has 0 unspecified atom stereocenters. The van der Waals surface area contributed by atoms with Gasteiger partial charge in [0.05, 0.1) is 0 Å². The second-order valence-corrected chi connectivity index (χ2v) is 5.38. The minimum Gasteiger partial charge on any atom is -0.276 e. The van der Waals surface area contributed by atoms with Crippen LogP contribution in [-0.2, 0) is 19.2 Å². The van der Waals surface area contributed by atoms with Crippen molar-refractivity contribution in [3.05, 3.63) is 22.3 Å². The predicted molar refractivity (Wildman–Crippen MR) is 76.0 cm³/mol. The summed E-state index contributed by atoms with van der Waals surface area (Å²) in [5.74, 6) is 0. The third-order valence-electron chi connectivity index (χ3n) is 2.93. The summed E-state index contributed by atoms with van der Waals surface area (Å²) in [5.41, 5.74) is 0.123. The molecule has 0 heterocycles. The molecule has 0 aliphatic heterocycles. The maximum atomic E-state index is 11.3. The van der Waals surface area contributed by atoms with Gasteiger partial charge in [0.25, 0.3) is 0 Å². The molecule has 0 bridgehead atoms. The first-order valence-corrected chi connectivity index (χ1v) is 7.00. The van der Waals surface area contributed by atoms with Crippen molar-refractivity contribution in [1.82, 2.24) is 0 Å². The number of allylic oxidation sites excluding steroid dienone is 4. The molecule has 108 valence electrons. The molecule has 1 aliphatic rings. The fourth-order valence-electron chi connectivity index (χ4n) is 1.97. The summed E-state index contributed by atoms with van der Waals surface area (Å²) in [6.45, 7) is 0. The van der Waals surface area contributed by atoms with Crippen LogP contribution in [0.25, 0.3) is 0 Å². The molecule has 0 aromatic rings. The summed E-state index contributed by atoms with van der Waals surface area (Å²) in [6.07, 6.45) is -0.0651. The Morgan fingerprint density at radius 3 is 0.750 bits per heavy atom. The van der Waals surface area contributed by atoms with Crippen LogP contribution in [0.3, 0.4) is 0 Å². The van der Waals surface area contributed by atoms with Crippen LogP contribution in [0.1, 0.15) is 25.7 Å². The molecule has 0 saturated heterocycles. The summed E-state index contributed by atoms with van der Waals surface area (Å²) < 4.78 is 0. The van der Waals surface area contributed by atoms with Crippen molar-refractivity contribution in [2.75, 3.05) is 0 Å². The van der Waals surface area contributed by atoms with E-state index in [1.165, 1.54) is 0 Å². The van der Waals surface area contributed by atoms with Crippen molar-refractivity contribution < 1.29 is 19.2 Å². The molecule has 0 radical (unpaired) electrons.